The molecule has 0 aliphatic heterocycles. The van der Waals surface area contributed by atoms with Gasteiger partial charge in [-0.25, -0.2) is 9.37 Å². The van der Waals surface area contributed by atoms with E-state index in [1.165, 1.54) is 12.1 Å². The van der Waals surface area contributed by atoms with Gasteiger partial charge in [-0.3, -0.25) is 0 Å². The summed E-state index contributed by atoms with van der Waals surface area (Å²) in [6.07, 6.45) is 5.60. The Hall–Kier alpha value is -1.20. The quantitative estimate of drug-likeness (QED) is 0.936. The molecular formula is C14H14BrFN2O. The maximum Gasteiger partial charge on any atom is 0.124 e. The van der Waals surface area contributed by atoms with Crippen molar-refractivity contribution in [3.8, 4) is 0 Å². The molecule has 3 nitrogen and oxygen atoms in total. The summed E-state index contributed by atoms with van der Waals surface area (Å²) >= 11 is 3.33. The first kappa shape index (κ1) is 12.8. The molecule has 3 rings (SSSR count). The summed E-state index contributed by atoms with van der Waals surface area (Å²) < 4.78 is 15.8. The molecule has 1 heterocycles. The van der Waals surface area contributed by atoms with Crippen LogP contribution in [-0.2, 0) is 6.42 Å². The highest BCUT2D eigenvalue weighted by Gasteiger charge is 2.27. The first-order chi connectivity index (χ1) is 9.15. The third-order valence-corrected chi connectivity index (χ3v) is 4.14. The smallest absolute Gasteiger partial charge is 0.124 e. The minimum atomic E-state index is -0.620. The summed E-state index contributed by atoms with van der Waals surface area (Å²) in [5.74, 6) is -0.284. The van der Waals surface area contributed by atoms with Gasteiger partial charge in [0.15, 0.2) is 0 Å². The van der Waals surface area contributed by atoms with E-state index in [1.807, 2.05) is 4.57 Å². The van der Waals surface area contributed by atoms with Crippen molar-refractivity contribution in [3.63, 3.8) is 0 Å². The van der Waals surface area contributed by atoms with Crippen LogP contribution in [0.15, 0.2) is 35.2 Å². The highest BCUT2D eigenvalue weighted by Crippen LogP contribution is 2.37. The summed E-state index contributed by atoms with van der Waals surface area (Å²) in [7, 11) is 0. The van der Waals surface area contributed by atoms with Crippen molar-refractivity contribution in [1.29, 1.82) is 0 Å². The first-order valence-electron chi connectivity index (χ1n) is 6.29. The molecule has 2 aromatic rings. The monoisotopic (exact) mass is 324 g/mol. The number of hydrogen-bond donors (Lipinski definition) is 1. The summed E-state index contributed by atoms with van der Waals surface area (Å²) in [4.78, 5) is 4.11. The fourth-order valence-corrected chi connectivity index (χ4v) is 2.74. The van der Waals surface area contributed by atoms with Crippen LogP contribution in [0.3, 0.4) is 0 Å². The van der Waals surface area contributed by atoms with Gasteiger partial charge in [0, 0.05) is 16.9 Å². The summed E-state index contributed by atoms with van der Waals surface area (Å²) in [5, 5.41) is 10.3. The molecule has 0 bridgehead atoms. The molecule has 0 amide bonds. The van der Waals surface area contributed by atoms with Crippen molar-refractivity contribution < 1.29 is 9.50 Å². The molecule has 1 aliphatic rings. The number of hydrogen-bond acceptors (Lipinski definition) is 2. The maximum atomic E-state index is 13.0. The molecular weight excluding hydrogens is 311 g/mol. The maximum absolute atomic E-state index is 13.0. The van der Waals surface area contributed by atoms with E-state index in [-0.39, 0.29) is 5.82 Å². The van der Waals surface area contributed by atoms with E-state index in [2.05, 4.69) is 20.9 Å². The fourth-order valence-electron chi connectivity index (χ4n) is 2.23. The van der Waals surface area contributed by atoms with E-state index in [4.69, 9.17) is 0 Å². The lowest BCUT2D eigenvalue weighted by Crippen LogP contribution is -2.08. The molecule has 1 N–H and O–H groups in total. The van der Waals surface area contributed by atoms with Crippen LogP contribution in [0.5, 0.6) is 0 Å². The number of nitrogens with zero attached hydrogens (tertiary/aromatic N) is 2. The van der Waals surface area contributed by atoms with Crippen LogP contribution >= 0.6 is 15.9 Å². The standard InChI is InChI=1S/C14H14BrFN2O/c15-12-6-10(16)2-1-9(12)5-14(19)13-7-17-8-18(13)11-3-4-11/h1-2,6-8,11,14,19H,3-5H2. The van der Waals surface area contributed by atoms with Crippen LogP contribution in [0.1, 0.15) is 36.2 Å². The third kappa shape index (κ3) is 2.72. The van der Waals surface area contributed by atoms with Crippen LogP contribution < -0.4 is 0 Å². The molecule has 0 spiro atoms. The summed E-state index contributed by atoms with van der Waals surface area (Å²) in [6.45, 7) is 0. The lowest BCUT2D eigenvalue weighted by atomic mass is 10.1. The van der Waals surface area contributed by atoms with Crippen molar-refractivity contribution in [1.82, 2.24) is 9.55 Å². The van der Waals surface area contributed by atoms with Crippen molar-refractivity contribution >= 4 is 15.9 Å². The molecule has 1 fully saturated rings. The van der Waals surface area contributed by atoms with Crippen LogP contribution in [0.25, 0.3) is 0 Å². The number of imidazole rings is 1. The predicted molar refractivity (Wildman–Crippen MR) is 73.3 cm³/mol. The molecule has 1 aliphatic carbocycles. The highest BCUT2D eigenvalue weighted by atomic mass is 79.9. The number of benzene rings is 1. The number of aromatic nitrogens is 2. The van der Waals surface area contributed by atoms with Crippen LogP contribution in [0.4, 0.5) is 4.39 Å². The predicted octanol–water partition coefficient (Wildman–Crippen LogP) is 3.40. The second-order valence-corrected chi connectivity index (χ2v) is 5.77. The van der Waals surface area contributed by atoms with Crippen molar-refractivity contribution in [2.45, 2.75) is 31.4 Å². The van der Waals surface area contributed by atoms with E-state index in [0.717, 1.165) is 24.1 Å². The molecule has 0 radical (unpaired) electrons. The van der Waals surface area contributed by atoms with E-state index >= 15 is 0 Å². The van der Waals surface area contributed by atoms with Gasteiger partial charge in [-0.2, -0.15) is 0 Å². The Kier molecular flexibility index (Phi) is 3.41. The zero-order valence-corrected chi connectivity index (χ0v) is 11.8. The van der Waals surface area contributed by atoms with E-state index in [1.54, 1.807) is 18.6 Å². The molecule has 0 saturated heterocycles. The van der Waals surface area contributed by atoms with Gasteiger partial charge in [0.25, 0.3) is 0 Å². The molecule has 1 atom stereocenters. The van der Waals surface area contributed by atoms with Gasteiger partial charge in [0.1, 0.15) is 5.82 Å². The number of halogens is 2. The Balaban J connectivity index is 1.80. The highest BCUT2D eigenvalue weighted by molar-refractivity contribution is 9.10. The van der Waals surface area contributed by atoms with Gasteiger partial charge in [-0.15, -0.1) is 0 Å². The van der Waals surface area contributed by atoms with Gasteiger partial charge in [0.05, 0.1) is 24.3 Å². The molecule has 1 aromatic heterocycles. The Morgan fingerprint density at radius 3 is 2.95 bits per heavy atom. The van der Waals surface area contributed by atoms with E-state index in [0.29, 0.717) is 16.9 Å². The van der Waals surface area contributed by atoms with Crippen LogP contribution in [-0.4, -0.2) is 14.7 Å². The number of aliphatic hydroxyl groups excluding tert-OH is 1. The lowest BCUT2D eigenvalue weighted by molar-refractivity contribution is 0.168. The normalized spacial score (nSPS) is 16.6. The minimum absolute atomic E-state index is 0.284. The average Bonchev–Trinajstić information content (AvgIpc) is 3.10. The lowest BCUT2D eigenvalue weighted by Gasteiger charge is -2.14. The SMILES string of the molecule is OC(Cc1ccc(F)cc1Br)c1cncn1C1CC1. The van der Waals surface area contributed by atoms with Crippen molar-refractivity contribution in [2.75, 3.05) is 0 Å². The summed E-state index contributed by atoms with van der Waals surface area (Å²) in [6, 6.07) is 5.01. The zero-order chi connectivity index (χ0) is 13.4. The Labute approximate surface area is 119 Å². The molecule has 1 aromatic carbocycles. The molecule has 100 valence electrons. The van der Waals surface area contributed by atoms with Crippen molar-refractivity contribution in [2.24, 2.45) is 0 Å². The van der Waals surface area contributed by atoms with Gasteiger partial charge in [-0.05, 0) is 30.5 Å². The van der Waals surface area contributed by atoms with Crippen LogP contribution in [0, 0.1) is 5.82 Å². The molecule has 19 heavy (non-hydrogen) atoms. The topological polar surface area (TPSA) is 38.1 Å². The zero-order valence-electron chi connectivity index (χ0n) is 10.3. The van der Waals surface area contributed by atoms with Gasteiger partial charge >= 0.3 is 0 Å². The second kappa shape index (κ2) is 5.06. The van der Waals surface area contributed by atoms with Gasteiger partial charge in [-0.1, -0.05) is 22.0 Å². The second-order valence-electron chi connectivity index (χ2n) is 4.91. The molecule has 1 unspecified atom stereocenters. The fraction of sp³-hybridized carbons (Fsp3) is 0.357. The molecule has 5 heteroatoms. The van der Waals surface area contributed by atoms with Crippen LogP contribution in [0.2, 0.25) is 0 Å². The Morgan fingerprint density at radius 1 is 1.47 bits per heavy atom. The Bertz CT molecular complexity index is 595. The average molecular weight is 325 g/mol. The largest absolute Gasteiger partial charge is 0.386 e. The van der Waals surface area contributed by atoms with Gasteiger partial charge in [0.2, 0.25) is 0 Å². The van der Waals surface area contributed by atoms with Gasteiger partial charge < -0.3 is 9.67 Å². The van der Waals surface area contributed by atoms with Crippen molar-refractivity contribution in [3.05, 3.63) is 52.3 Å². The first-order valence-corrected chi connectivity index (χ1v) is 7.08. The summed E-state index contributed by atoms with van der Waals surface area (Å²) in [5.41, 5.74) is 1.72. The minimum Gasteiger partial charge on any atom is -0.386 e. The number of rotatable bonds is 4. The van der Waals surface area contributed by atoms with E-state index in [9.17, 15) is 9.50 Å². The molecule has 1 saturated carbocycles. The Morgan fingerprint density at radius 2 is 2.26 bits per heavy atom. The van der Waals surface area contributed by atoms with E-state index < -0.39 is 6.10 Å². The third-order valence-electron chi connectivity index (χ3n) is 3.41. The number of aliphatic hydroxyl groups is 1.